The predicted octanol–water partition coefficient (Wildman–Crippen LogP) is 4.10. The van der Waals surface area contributed by atoms with E-state index in [1.54, 1.807) is 36.4 Å². The summed E-state index contributed by atoms with van der Waals surface area (Å²) in [5.74, 6) is -3.76. The van der Waals surface area contributed by atoms with Gasteiger partial charge in [-0.05, 0) is 36.4 Å². The molecule has 0 saturated carbocycles. The molecule has 5 rings (SSSR count). The highest BCUT2D eigenvalue weighted by atomic mass is 35.5. The number of carbonyl (C=O) groups excluding carboxylic acids is 4. The molecule has 2 heterocycles. The van der Waals surface area contributed by atoms with Crippen molar-refractivity contribution in [1.29, 1.82) is 0 Å². The molecule has 9 nitrogen and oxygen atoms in total. The number of nitrogens with zero attached hydrogens (tertiary/aromatic N) is 1. The second kappa shape index (κ2) is 11.3. The minimum absolute atomic E-state index is 0.0119. The molecule has 5 atom stereocenters. The molecular formula is C28H20Cl2FNO8. The lowest BCUT2D eigenvalue weighted by Crippen LogP contribution is -2.66. The molecule has 3 aromatic carbocycles. The molecule has 0 aliphatic carbocycles. The monoisotopic (exact) mass is 587 g/mol. The first-order valence-corrected chi connectivity index (χ1v) is 12.8. The first kappa shape index (κ1) is 27.7. The van der Waals surface area contributed by atoms with Gasteiger partial charge in [0.1, 0.15) is 12.1 Å². The first-order chi connectivity index (χ1) is 19.2. The normalized spacial score (nSPS) is 24.0. The maximum absolute atomic E-state index is 15.7. The fourth-order valence-electron chi connectivity index (χ4n) is 4.63. The van der Waals surface area contributed by atoms with Crippen LogP contribution in [0.3, 0.4) is 0 Å². The summed E-state index contributed by atoms with van der Waals surface area (Å²) in [6, 6.07) is 15.8. The van der Waals surface area contributed by atoms with Crippen LogP contribution in [0.4, 0.5) is 4.39 Å². The van der Waals surface area contributed by atoms with E-state index in [2.05, 4.69) is 0 Å². The van der Waals surface area contributed by atoms with Gasteiger partial charge in [0, 0.05) is 0 Å². The number of rotatable bonds is 6. The molecule has 0 unspecified atom stereocenters. The number of imide groups is 1. The van der Waals surface area contributed by atoms with Crippen LogP contribution < -0.4 is 0 Å². The van der Waals surface area contributed by atoms with Crippen molar-refractivity contribution in [1.82, 2.24) is 4.90 Å². The van der Waals surface area contributed by atoms with E-state index in [9.17, 15) is 24.3 Å². The van der Waals surface area contributed by atoms with Crippen LogP contribution in [0.1, 0.15) is 41.4 Å². The van der Waals surface area contributed by atoms with E-state index in [0.29, 0.717) is 4.90 Å². The maximum atomic E-state index is 15.7. The number of benzene rings is 3. The lowest BCUT2D eigenvalue weighted by Gasteiger charge is -2.44. The Morgan fingerprint density at radius 2 is 1.27 bits per heavy atom. The van der Waals surface area contributed by atoms with Crippen LogP contribution in [0.25, 0.3) is 0 Å². The van der Waals surface area contributed by atoms with Crippen molar-refractivity contribution in [2.45, 2.75) is 30.7 Å². The molecule has 3 aromatic rings. The molecule has 1 N–H and O–H groups in total. The SMILES string of the molecule is O=C(O[C@H]1[C@H](OC(=O)c2ccccc2)[C@@H](CO)O[C@@H](F)[C@@H]1N1C(=O)c2cc(Cl)c(Cl)cc2C1=O)c1ccccc1. The third-order valence-corrected chi connectivity index (χ3v) is 7.26. The summed E-state index contributed by atoms with van der Waals surface area (Å²) in [7, 11) is 0. The molecule has 206 valence electrons. The number of halogens is 3. The van der Waals surface area contributed by atoms with Gasteiger partial charge in [-0.25, -0.2) is 14.0 Å². The van der Waals surface area contributed by atoms with Crippen molar-refractivity contribution in [3.63, 3.8) is 0 Å². The fraction of sp³-hybridized carbons (Fsp3) is 0.214. The molecule has 40 heavy (non-hydrogen) atoms. The minimum Gasteiger partial charge on any atom is -0.452 e. The van der Waals surface area contributed by atoms with E-state index in [-0.39, 0.29) is 32.3 Å². The Balaban J connectivity index is 1.57. The fourth-order valence-corrected chi connectivity index (χ4v) is 4.95. The number of alkyl halides is 1. The smallest absolute Gasteiger partial charge is 0.338 e. The molecule has 1 saturated heterocycles. The van der Waals surface area contributed by atoms with Crippen molar-refractivity contribution in [3.05, 3.63) is 105 Å². The zero-order valence-corrected chi connectivity index (χ0v) is 21.9. The van der Waals surface area contributed by atoms with E-state index >= 15 is 4.39 Å². The van der Waals surface area contributed by atoms with Crippen LogP contribution in [-0.4, -0.2) is 71.1 Å². The van der Waals surface area contributed by atoms with Gasteiger partial charge in [-0.1, -0.05) is 59.6 Å². The van der Waals surface area contributed by atoms with E-state index < -0.39 is 61.1 Å². The van der Waals surface area contributed by atoms with Gasteiger partial charge in [0.15, 0.2) is 12.2 Å². The lowest BCUT2D eigenvalue weighted by atomic mass is 9.95. The Morgan fingerprint density at radius 1 is 0.825 bits per heavy atom. The molecule has 2 aliphatic heterocycles. The standard InChI is InChI=1S/C28H20Cl2FNO8/c29-18-11-16-17(12-19(18)30)26(35)32(25(16)34)21-23(40-28(37)15-9-5-2-6-10-15)22(20(13-33)38-24(21)31)39-27(36)14-7-3-1-4-8-14/h1-12,20-24,33H,13H2/t20-,21-,22-,23-,24-/m1/s1. The lowest BCUT2D eigenvalue weighted by molar-refractivity contribution is -0.238. The number of esters is 2. The van der Waals surface area contributed by atoms with E-state index in [4.69, 9.17) is 37.4 Å². The highest BCUT2D eigenvalue weighted by molar-refractivity contribution is 6.43. The Hall–Kier alpha value is -3.83. The van der Waals surface area contributed by atoms with Crippen molar-refractivity contribution in [3.8, 4) is 0 Å². The number of aliphatic hydroxyl groups is 1. The molecule has 0 aromatic heterocycles. The van der Waals surface area contributed by atoms with Gasteiger partial charge in [0.25, 0.3) is 11.8 Å². The third kappa shape index (κ3) is 5.06. The van der Waals surface area contributed by atoms with E-state index in [1.807, 2.05) is 0 Å². The predicted molar refractivity (Wildman–Crippen MR) is 139 cm³/mol. The van der Waals surface area contributed by atoms with Crippen molar-refractivity contribution >= 4 is 47.0 Å². The van der Waals surface area contributed by atoms with Gasteiger partial charge < -0.3 is 19.3 Å². The number of carbonyl (C=O) groups is 4. The molecule has 0 radical (unpaired) electrons. The third-order valence-electron chi connectivity index (χ3n) is 6.54. The van der Waals surface area contributed by atoms with Crippen molar-refractivity contribution in [2.75, 3.05) is 6.61 Å². The van der Waals surface area contributed by atoms with Gasteiger partial charge >= 0.3 is 11.9 Å². The molecule has 0 bridgehead atoms. The van der Waals surface area contributed by atoms with Crippen LogP contribution >= 0.6 is 23.2 Å². The number of amides is 2. The zero-order chi connectivity index (χ0) is 28.6. The number of hydrogen-bond acceptors (Lipinski definition) is 8. The summed E-state index contributed by atoms with van der Waals surface area (Å²) in [5.41, 5.74) is -0.127. The molecule has 0 spiro atoms. The average molecular weight is 588 g/mol. The zero-order valence-electron chi connectivity index (χ0n) is 20.4. The van der Waals surface area contributed by atoms with Gasteiger partial charge in [-0.3, -0.25) is 14.5 Å². The average Bonchev–Trinajstić information content (AvgIpc) is 3.19. The number of ether oxygens (including phenoxy) is 3. The van der Waals surface area contributed by atoms with Gasteiger partial charge in [0.2, 0.25) is 6.36 Å². The van der Waals surface area contributed by atoms with Crippen molar-refractivity contribution < 1.29 is 42.9 Å². The number of aliphatic hydroxyl groups excluding tert-OH is 1. The Labute approximate surface area is 236 Å². The Kier molecular flexibility index (Phi) is 7.86. The Bertz CT molecular complexity index is 1430. The highest BCUT2D eigenvalue weighted by Gasteiger charge is 2.57. The second-order valence-electron chi connectivity index (χ2n) is 8.96. The van der Waals surface area contributed by atoms with Crippen LogP contribution in [-0.2, 0) is 14.2 Å². The molecule has 12 heteroatoms. The van der Waals surface area contributed by atoms with Gasteiger partial charge in [-0.15, -0.1) is 0 Å². The van der Waals surface area contributed by atoms with Crippen LogP contribution in [0.5, 0.6) is 0 Å². The van der Waals surface area contributed by atoms with E-state index in [0.717, 1.165) is 0 Å². The summed E-state index contributed by atoms with van der Waals surface area (Å²) in [5, 5.41) is 9.97. The Morgan fingerprint density at radius 3 is 1.73 bits per heavy atom. The summed E-state index contributed by atoms with van der Waals surface area (Å²) >= 11 is 12.1. The molecule has 2 aliphatic rings. The highest BCUT2D eigenvalue weighted by Crippen LogP contribution is 2.38. The number of hydrogen-bond donors (Lipinski definition) is 1. The van der Waals surface area contributed by atoms with E-state index in [1.165, 1.54) is 36.4 Å². The second-order valence-corrected chi connectivity index (χ2v) is 9.78. The largest absolute Gasteiger partial charge is 0.452 e. The maximum Gasteiger partial charge on any atom is 0.338 e. The molecule has 2 amide bonds. The summed E-state index contributed by atoms with van der Waals surface area (Å²) in [6.07, 6.45) is -7.36. The van der Waals surface area contributed by atoms with Gasteiger partial charge in [-0.2, -0.15) is 0 Å². The first-order valence-electron chi connectivity index (χ1n) is 12.0. The van der Waals surface area contributed by atoms with Crippen LogP contribution in [0.2, 0.25) is 10.0 Å². The minimum atomic E-state index is -2.44. The van der Waals surface area contributed by atoms with Crippen LogP contribution in [0.15, 0.2) is 72.8 Å². The summed E-state index contributed by atoms with van der Waals surface area (Å²) in [4.78, 5) is 53.5. The molecule has 1 fully saturated rings. The van der Waals surface area contributed by atoms with Crippen molar-refractivity contribution in [2.24, 2.45) is 0 Å². The summed E-state index contributed by atoms with van der Waals surface area (Å²) < 4.78 is 32.3. The summed E-state index contributed by atoms with van der Waals surface area (Å²) in [6.45, 7) is -0.841. The van der Waals surface area contributed by atoms with Crippen LogP contribution in [0, 0.1) is 0 Å². The molecular weight excluding hydrogens is 568 g/mol. The van der Waals surface area contributed by atoms with Gasteiger partial charge in [0.05, 0.1) is 38.9 Å². The number of fused-ring (bicyclic) bond motifs is 1. The topological polar surface area (TPSA) is 119 Å². The quantitative estimate of drug-likeness (QED) is 0.338.